The maximum absolute atomic E-state index is 12.8. The summed E-state index contributed by atoms with van der Waals surface area (Å²) in [5, 5.41) is 1.10. The number of nitrogens with one attached hydrogen (secondary N) is 1. The number of anilines is 1. The first kappa shape index (κ1) is 13.5. The third kappa shape index (κ3) is 2.33. The molecule has 1 aromatic carbocycles. The quantitative estimate of drug-likeness (QED) is 0.858. The molecular weight excluding hydrogens is 256 g/mol. The summed E-state index contributed by atoms with van der Waals surface area (Å²) >= 11 is 0. The lowest BCUT2D eigenvalue weighted by Gasteiger charge is -2.18. The maximum atomic E-state index is 12.8. The zero-order valence-corrected chi connectivity index (χ0v) is 10.9. The van der Waals surface area contributed by atoms with Crippen molar-refractivity contribution in [3.05, 3.63) is 23.8 Å². The number of carbonyl (C=O) groups excluding carboxylic acids is 1. The first-order valence-corrected chi connectivity index (χ1v) is 5.77. The summed E-state index contributed by atoms with van der Waals surface area (Å²) in [7, 11) is 1.51. The number of ether oxygens (including phenoxy) is 1. The number of aryl methyl sites for hydroxylation is 1. The van der Waals surface area contributed by atoms with E-state index in [2.05, 4.69) is 5.43 Å². The lowest BCUT2D eigenvalue weighted by atomic mass is 10.2. The molecule has 0 aromatic heterocycles. The summed E-state index contributed by atoms with van der Waals surface area (Å²) in [4.78, 5) is 12.4. The number of urea groups is 1. The fourth-order valence-electron chi connectivity index (χ4n) is 1.97. The zero-order valence-electron chi connectivity index (χ0n) is 10.9. The molecule has 1 heterocycles. The van der Waals surface area contributed by atoms with Crippen molar-refractivity contribution >= 4 is 11.7 Å². The number of rotatable bonds is 3. The second kappa shape index (κ2) is 5.00. The number of halogens is 2. The van der Waals surface area contributed by atoms with Crippen LogP contribution in [0.1, 0.15) is 12.5 Å². The highest BCUT2D eigenvalue weighted by molar-refractivity contribution is 5.93. The molecule has 1 aliphatic rings. The van der Waals surface area contributed by atoms with Crippen LogP contribution in [0, 0.1) is 6.92 Å². The summed E-state index contributed by atoms with van der Waals surface area (Å²) in [5.41, 5.74) is 4.06. The van der Waals surface area contributed by atoms with Crippen LogP contribution >= 0.6 is 0 Å². The van der Waals surface area contributed by atoms with Crippen LogP contribution in [-0.2, 0) is 0 Å². The molecule has 104 valence electrons. The number of hydrogen-bond acceptors (Lipinski definition) is 3. The Morgan fingerprint density at radius 2 is 2.11 bits per heavy atom. The minimum atomic E-state index is -2.84. The highest BCUT2D eigenvalue weighted by atomic mass is 19.3. The van der Waals surface area contributed by atoms with Gasteiger partial charge in [-0.15, -0.1) is 0 Å². The largest absolute Gasteiger partial charge is 0.496 e. The summed E-state index contributed by atoms with van der Waals surface area (Å²) in [5.74, 6) is 0.593. The van der Waals surface area contributed by atoms with E-state index in [0.29, 0.717) is 16.3 Å². The van der Waals surface area contributed by atoms with Crippen molar-refractivity contribution in [2.45, 2.75) is 26.6 Å². The Morgan fingerprint density at radius 3 is 2.63 bits per heavy atom. The molecule has 7 heteroatoms. The van der Waals surface area contributed by atoms with Crippen LogP contribution in [0.15, 0.2) is 18.2 Å². The standard InChI is InChI=1S/C12H15F2N3O2/c1-7-4-5-9(6-10(7)19-3)17-12(18)16(11(13)14)8(2)15-17/h4-6,8,11,15H,1-3H3. The van der Waals surface area contributed by atoms with Gasteiger partial charge < -0.3 is 4.74 Å². The monoisotopic (exact) mass is 271 g/mol. The van der Waals surface area contributed by atoms with Gasteiger partial charge in [-0.3, -0.25) is 0 Å². The number of methoxy groups -OCH3 is 1. The second-order valence-electron chi connectivity index (χ2n) is 4.26. The third-order valence-corrected chi connectivity index (χ3v) is 3.01. The van der Waals surface area contributed by atoms with Crippen molar-refractivity contribution in [2.75, 3.05) is 12.1 Å². The van der Waals surface area contributed by atoms with E-state index in [4.69, 9.17) is 4.74 Å². The van der Waals surface area contributed by atoms with Gasteiger partial charge in [0.25, 0.3) is 0 Å². The van der Waals surface area contributed by atoms with E-state index in [9.17, 15) is 13.6 Å². The molecule has 1 unspecified atom stereocenters. The molecule has 1 atom stereocenters. The molecule has 1 fully saturated rings. The molecule has 0 saturated carbocycles. The van der Waals surface area contributed by atoms with Crippen molar-refractivity contribution in [1.82, 2.24) is 10.3 Å². The van der Waals surface area contributed by atoms with Crippen molar-refractivity contribution in [2.24, 2.45) is 0 Å². The minimum Gasteiger partial charge on any atom is -0.496 e. The molecule has 19 heavy (non-hydrogen) atoms. The van der Waals surface area contributed by atoms with Crippen LogP contribution < -0.4 is 15.2 Å². The highest BCUT2D eigenvalue weighted by Gasteiger charge is 2.40. The number of carbonyl (C=O) groups is 1. The molecule has 2 rings (SSSR count). The van der Waals surface area contributed by atoms with E-state index in [0.717, 1.165) is 10.6 Å². The van der Waals surface area contributed by atoms with Gasteiger partial charge in [-0.05, 0) is 25.5 Å². The van der Waals surface area contributed by atoms with Crippen LogP contribution in [0.5, 0.6) is 5.75 Å². The van der Waals surface area contributed by atoms with Crippen LogP contribution in [0.2, 0.25) is 0 Å². The van der Waals surface area contributed by atoms with E-state index in [-0.39, 0.29) is 0 Å². The van der Waals surface area contributed by atoms with Crippen LogP contribution in [-0.4, -0.2) is 30.8 Å². The van der Waals surface area contributed by atoms with E-state index >= 15 is 0 Å². The molecule has 2 amide bonds. The summed E-state index contributed by atoms with van der Waals surface area (Å²) in [6.07, 6.45) is -0.764. The van der Waals surface area contributed by atoms with E-state index in [1.165, 1.54) is 14.0 Å². The molecule has 1 N–H and O–H groups in total. The summed E-state index contributed by atoms with van der Waals surface area (Å²) in [6, 6.07) is 4.28. The van der Waals surface area contributed by atoms with Gasteiger partial charge in [-0.2, -0.15) is 8.78 Å². The second-order valence-corrected chi connectivity index (χ2v) is 4.26. The molecule has 0 radical (unpaired) electrons. The SMILES string of the molecule is COc1cc(N2NC(C)N(C(F)F)C2=O)ccc1C. The molecule has 1 aromatic rings. The predicted octanol–water partition coefficient (Wildman–Crippen LogP) is 2.32. The van der Waals surface area contributed by atoms with Crippen LogP contribution in [0.25, 0.3) is 0 Å². The lowest BCUT2D eigenvalue weighted by Crippen LogP contribution is -2.38. The molecule has 0 bridgehead atoms. The molecule has 0 aliphatic carbocycles. The first-order chi connectivity index (χ1) is 8.95. The molecule has 0 spiro atoms. The van der Waals surface area contributed by atoms with Gasteiger partial charge in [-0.25, -0.2) is 20.1 Å². The number of hydrogen-bond donors (Lipinski definition) is 1. The van der Waals surface area contributed by atoms with Crippen molar-refractivity contribution < 1.29 is 18.3 Å². The minimum absolute atomic E-state index is 0.461. The van der Waals surface area contributed by atoms with Crippen molar-refractivity contribution in [3.8, 4) is 5.75 Å². The number of amides is 2. The average molecular weight is 271 g/mol. The van der Waals surface area contributed by atoms with Gasteiger partial charge in [0.05, 0.1) is 12.8 Å². The smallest absolute Gasteiger partial charge is 0.344 e. The predicted molar refractivity (Wildman–Crippen MR) is 66.0 cm³/mol. The third-order valence-electron chi connectivity index (χ3n) is 3.01. The van der Waals surface area contributed by atoms with Crippen LogP contribution in [0.3, 0.4) is 0 Å². The average Bonchev–Trinajstić information content (AvgIpc) is 2.65. The normalized spacial score (nSPS) is 19.5. The lowest BCUT2D eigenvalue weighted by molar-refractivity contribution is -0.00783. The Kier molecular flexibility index (Phi) is 3.57. The Labute approximate surface area is 109 Å². The zero-order chi connectivity index (χ0) is 14.2. The van der Waals surface area contributed by atoms with E-state index in [1.807, 2.05) is 6.92 Å². The topological polar surface area (TPSA) is 44.8 Å². The van der Waals surface area contributed by atoms with Gasteiger partial charge in [0, 0.05) is 6.07 Å². The Balaban J connectivity index is 2.31. The Morgan fingerprint density at radius 1 is 1.42 bits per heavy atom. The maximum Gasteiger partial charge on any atom is 0.344 e. The molecule has 5 nitrogen and oxygen atoms in total. The molecule has 1 saturated heterocycles. The molecule has 1 aliphatic heterocycles. The van der Waals surface area contributed by atoms with E-state index in [1.54, 1.807) is 18.2 Å². The first-order valence-electron chi connectivity index (χ1n) is 5.77. The van der Waals surface area contributed by atoms with Crippen molar-refractivity contribution in [1.29, 1.82) is 0 Å². The number of hydrazine groups is 1. The van der Waals surface area contributed by atoms with Gasteiger partial charge in [0.1, 0.15) is 11.9 Å². The van der Waals surface area contributed by atoms with Gasteiger partial charge in [0.2, 0.25) is 0 Å². The Bertz CT molecular complexity index is 496. The number of nitrogens with zero attached hydrogens (tertiary/aromatic N) is 2. The number of benzene rings is 1. The fraction of sp³-hybridized carbons (Fsp3) is 0.417. The van der Waals surface area contributed by atoms with Crippen LogP contribution in [0.4, 0.5) is 19.3 Å². The van der Waals surface area contributed by atoms with Gasteiger partial charge in [-0.1, -0.05) is 6.07 Å². The Hall–Kier alpha value is -1.89. The highest BCUT2D eigenvalue weighted by Crippen LogP contribution is 2.28. The van der Waals surface area contributed by atoms with Gasteiger partial charge in [0.15, 0.2) is 0 Å². The van der Waals surface area contributed by atoms with Gasteiger partial charge >= 0.3 is 12.6 Å². The van der Waals surface area contributed by atoms with E-state index < -0.39 is 18.7 Å². The van der Waals surface area contributed by atoms with Crippen molar-refractivity contribution in [3.63, 3.8) is 0 Å². The number of alkyl halides is 2. The fourth-order valence-corrected chi connectivity index (χ4v) is 1.97. The molecular formula is C12H15F2N3O2. The summed E-state index contributed by atoms with van der Waals surface area (Å²) < 4.78 is 30.7. The summed E-state index contributed by atoms with van der Waals surface area (Å²) in [6.45, 7) is 0.512.